The van der Waals surface area contributed by atoms with Crippen LogP contribution in [0.5, 0.6) is 0 Å². The lowest BCUT2D eigenvalue weighted by atomic mass is 10.2. The van der Waals surface area contributed by atoms with Gasteiger partial charge >= 0.3 is 0 Å². The summed E-state index contributed by atoms with van der Waals surface area (Å²) in [5.41, 5.74) is 0. The zero-order chi connectivity index (χ0) is 11.0. The fourth-order valence-electron chi connectivity index (χ4n) is 1.66. The van der Waals surface area contributed by atoms with Gasteiger partial charge in [-0.25, -0.2) is 4.99 Å². The van der Waals surface area contributed by atoms with Gasteiger partial charge in [0.05, 0.1) is 31.4 Å². The molecule has 0 fully saturated rings. The summed E-state index contributed by atoms with van der Waals surface area (Å²) >= 11 is 0. The standard InChI is InChI=1S/C11H15N4/c12-5-1-3-8-15(9-4-2-6-13)10-7-14-11-15/h7,10-11H,1-4,8-9H2/q+1. The number of aliphatic imine (C=N–C) groups is 1. The van der Waals surface area contributed by atoms with Crippen molar-refractivity contribution in [2.75, 3.05) is 13.1 Å². The van der Waals surface area contributed by atoms with Crippen LogP contribution in [0.2, 0.25) is 0 Å². The largest absolute Gasteiger partial charge is 0.253 e. The van der Waals surface area contributed by atoms with Gasteiger partial charge in [0.1, 0.15) is 6.20 Å². The van der Waals surface area contributed by atoms with E-state index < -0.39 is 0 Å². The van der Waals surface area contributed by atoms with Crippen molar-refractivity contribution in [2.24, 2.45) is 4.99 Å². The van der Waals surface area contributed by atoms with Crippen molar-refractivity contribution < 1.29 is 4.48 Å². The Hall–Kier alpha value is -1.65. The Bertz CT molecular complexity index is 295. The number of nitrogens with zero attached hydrogens (tertiary/aromatic N) is 4. The van der Waals surface area contributed by atoms with E-state index in [-0.39, 0.29) is 0 Å². The van der Waals surface area contributed by atoms with Gasteiger partial charge in [-0.05, 0) is 0 Å². The molecule has 0 atom stereocenters. The van der Waals surface area contributed by atoms with Crippen molar-refractivity contribution in [3.8, 4) is 12.1 Å². The molecule has 0 aromatic carbocycles. The molecular weight excluding hydrogens is 188 g/mol. The number of nitriles is 2. The fourth-order valence-corrected chi connectivity index (χ4v) is 1.66. The van der Waals surface area contributed by atoms with Crippen molar-refractivity contribution in [2.45, 2.75) is 25.7 Å². The number of quaternary nitrogens is 1. The monoisotopic (exact) mass is 203 g/mol. The Kier molecular flexibility index (Phi) is 4.53. The van der Waals surface area contributed by atoms with Gasteiger partial charge in [-0.1, -0.05) is 0 Å². The Labute approximate surface area is 90.3 Å². The Morgan fingerprint density at radius 3 is 2.07 bits per heavy atom. The molecule has 1 heterocycles. The Morgan fingerprint density at radius 2 is 1.67 bits per heavy atom. The minimum absolute atomic E-state index is 0.583. The number of hydrogen-bond donors (Lipinski definition) is 0. The average Bonchev–Trinajstić information content (AvgIpc) is 2.68. The number of hydrogen-bond acceptors (Lipinski definition) is 3. The molecular formula is C11H15N4+. The maximum absolute atomic E-state index is 8.49. The first kappa shape index (κ1) is 11.4. The Morgan fingerprint density at radius 1 is 1.07 bits per heavy atom. The van der Waals surface area contributed by atoms with Crippen LogP contribution in [-0.2, 0) is 0 Å². The summed E-state index contributed by atoms with van der Waals surface area (Å²) in [6, 6.07) is 4.29. The molecule has 0 aromatic heterocycles. The maximum Gasteiger partial charge on any atom is 0.194 e. The predicted octanol–water partition coefficient (Wildman–Crippen LogP) is 1.92. The van der Waals surface area contributed by atoms with Crippen molar-refractivity contribution >= 4 is 6.34 Å². The molecule has 0 bridgehead atoms. The lowest BCUT2D eigenvalue weighted by molar-refractivity contribution is -0.779. The SMILES string of the molecule is N#CCCC[N+]1(CCCC#N)C=CN=C1. The van der Waals surface area contributed by atoms with E-state index in [1.807, 2.05) is 12.5 Å². The second-order valence-electron chi connectivity index (χ2n) is 3.64. The van der Waals surface area contributed by atoms with E-state index in [1.165, 1.54) is 0 Å². The molecule has 1 aliphatic rings. The molecule has 0 N–H and O–H groups in total. The summed E-state index contributed by atoms with van der Waals surface area (Å²) in [6.07, 6.45) is 8.64. The molecule has 4 nitrogen and oxygen atoms in total. The van der Waals surface area contributed by atoms with Crippen LogP contribution in [0.15, 0.2) is 17.4 Å². The molecule has 0 aromatic rings. The molecule has 0 amide bonds. The van der Waals surface area contributed by atoms with Crippen molar-refractivity contribution in [1.82, 2.24) is 0 Å². The molecule has 0 spiro atoms. The lowest BCUT2D eigenvalue weighted by Crippen LogP contribution is -2.41. The summed E-state index contributed by atoms with van der Waals surface area (Å²) in [6.45, 7) is 1.80. The van der Waals surface area contributed by atoms with Gasteiger partial charge in [-0.15, -0.1) is 0 Å². The van der Waals surface area contributed by atoms with E-state index in [2.05, 4.69) is 17.1 Å². The summed E-state index contributed by atoms with van der Waals surface area (Å²) in [7, 11) is 0. The van der Waals surface area contributed by atoms with Crippen LogP contribution in [0.25, 0.3) is 0 Å². The number of unbranched alkanes of at least 4 members (excludes halogenated alkanes) is 2. The quantitative estimate of drug-likeness (QED) is 0.489. The van der Waals surface area contributed by atoms with Crippen LogP contribution in [0, 0.1) is 22.7 Å². The smallest absolute Gasteiger partial charge is 0.194 e. The van der Waals surface area contributed by atoms with Gasteiger partial charge in [0.15, 0.2) is 6.34 Å². The van der Waals surface area contributed by atoms with E-state index in [1.54, 1.807) is 6.20 Å². The molecule has 0 radical (unpaired) electrons. The predicted molar refractivity (Wildman–Crippen MR) is 57.3 cm³/mol. The van der Waals surface area contributed by atoms with Crippen LogP contribution in [0.4, 0.5) is 0 Å². The van der Waals surface area contributed by atoms with Gasteiger partial charge in [-0.2, -0.15) is 10.5 Å². The summed E-state index contributed by atoms with van der Waals surface area (Å²) in [5, 5.41) is 17.0. The van der Waals surface area contributed by atoms with Crippen molar-refractivity contribution in [3.63, 3.8) is 0 Å². The van der Waals surface area contributed by atoms with Crippen LogP contribution in [-0.4, -0.2) is 23.9 Å². The molecule has 1 rings (SSSR count). The van der Waals surface area contributed by atoms with Gasteiger partial charge in [0, 0.05) is 25.7 Å². The third kappa shape index (κ3) is 3.53. The third-order valence-corrected chi connectivity index (χ3v) is 2.47. The topological polar surface area (TPSA) is 59.9 Å². The second kappa shape index (κ2) is 5.95. The molecule has 0 saturated carbocycles. The molecule has 78 valence electrons. The molecule has 0 saturated heterocycles. The van der Waals surface area contributed by atoms with Crippen LogP contribution in [0.3, 0.4) is 0 Å². The molecule has 0 unspecified atom stereocenters. The normalized spacial score (nSPS) is 16.1. The lowest BCUT2D eigenvalue weighted by Gasteiger charge is -2.26. The molecule has 4 heteroatoms. The molecule has 15 heavy (non-hydrogen) atoms. The summed E-state index contributed by atoms with van der Waals surface area (Å²) in [5.74, 6) is 0. The van der Waals surface area contributed by atoms with Gasteiger partial charge in [0.25, 0.3) is 0 Å². The highest BCUT2D eigenvalue weighted by Gasteiger charge is 2.24. The maximum atomic E-state index is 8.49. The van der Waals surface area contributed by atoms with Crippen LogP contribution >= 0.6 is 0 Å². The minimum atomic E-state index is 0.583. The van der Waals surface area contributed by atoms with E-state index >= 15 is 0 Å². The van der Waals surface area contributed by atoms with E-state index in [9.17, 15) is 0 Å². The zero-order valence-electron chi connectivity index (χ0n) is 8.76. The first-order valence-electron chi connectivity index (χ1n) is 5.15. The van der Waals surface area contributed by atoms with Crippen molar-refractivity contribution in [3.05, 3.63) is 12.4 Å². The van der Waals surface area contributed by atoms with Gasteiger partial charge < -0.3 is 0 Å². The highest BCUT2D eigenvalue weighted by Crippen LogP contribution is 2.14. The molecule has 1 aliphatic heterocycles. The van der Waals surface area contributed by atoms with Gasteiger partial charge in [0.2, 0.25) is 0 Å². The van der Waals surface area contributed by atoms with Crippen molar-refractivity contribution in [1.29, 1.82) is 10.5 Å². The van der Waals surface area contributed by atoms with E-state index in [0.717, 1.165) is 25.9 Å². The second-order valence-corrected chi connectivity index (χ2v) is 3.64. The average molecular weight is 203 g/mol. The fraction of sp³-hybridized carbons (Fsp3) is 0.545. The van der Waals surface area contributed by atoms with E-state index in [0.29, 0.717) is 17.3 Å². The van der Waals surface area contributed by atoms with Crippen LogP contribution in [0.1, 0.15) is 25.7 Å². The highest BCUT2D eigenvalue weighted by atomic mass is 15.4. The summed E-state index contributed by atoms with van der Waals surface area (Å²) in [4.78, 5) is 4.10. The first-order chi connectivity index (χ1) is 7.33. The van der Waals surface area contributed by atoms with Gasteiger partial charge in [-0.3, -0.25) is 4.48 Å². The first-order valence-corrected chi connectivity index (χ1v) is 5.15. The minimum Gasteiger partial charge on any atom is -0.253 e. The molecule has 0 aliphatic carbocycles. The number of rotatable bonds is 6. The Balaban J connectivity index is 2.42. The van der Waals surface area contributed by atoms with Crippen LogP contribution < -0.4 is 0 Å². The van der Waals surface area contributed by atoms with E-state index in [4.69, 9.17) is 10.5 Å². The summed E-state index contributed by atoms with van der Waals surface area (Å²) < 4.78 is 0.698. The third-order valence-electron chi connectivity index (χ3n) is 2.47. The zero-order valence-corrected chi connectivity index (χ0v) is 8.76. The highest BCUT2D eigenvalue weighted by molar-refractivity contribution is 5.50.